The van der Waals surface area contributed by atoms with Gasteiger partial charge in [-0.3, -0.25) is 0 Å². The van der Waals surface area contributed by atoms with Gasteiger partial charge < -0.3 is 25.0 Å². The molecule has 0 aliphatic heterocycles. The van der Waals surface area contributed by atoms with E-state index in [-0.39, 0.29) is 0 Å². The largest absolute Gasteiger partial charge is 0.493 e. The van der Waals surface area contributed by atoms with E-state index >= 15 is 0 Å². The third kappa shape index (κ3) is 3.26. The SMILES string of the molecule is COc1ccc(-c2csc3ncnc(NC(CO)C(=O)O)c23)cc1OC. The summed E-state index contributed by atoms with van der Waals surface area (Å²) in [5.41, 5.74) is 1.68. The first-order valence-corrected chi connectivity index (χ1v) is 8.51. The number of ether oxygens (including phenoxy) is 2. The van der Waals surface area contributed by atoms with Crippen molar-refractivity contribution in [1.29, 1.82) is 0 Å². The number of carbonyl (C=O) groups is 1. The number of thiophene rings is 1. The highest BCUT2D eigenvalue weighted by molar-refractivity contribution is 7.17. The quantitative estimate of drug-likeness (QED) is 0.576. The monoisotopic (exact) mass is 375 g/mol. The second-order valence-electron chi connectivity index (χ2n) is 5.34. The molecule has 0 saturated carbocycles. The van der Waals surface area contributed by atoms with E-state index in [9.17, 15) is 15.0 Å². The summed E-state index contributed by atoms with van der Waals surface area (Å²) in [6, 6.07) is 4.34. The minimum atomic E-state index is -1.16. The first-order chi connectivity index (χ1) is 12.6. The number of rotatable bonds is 7. The maximum atomic E-state index is 11.2. The molecule has 0 saturated heterocycles. The number of aliphatic hydroxyl groups excluding tert-OH is 1. The molecule has 3 aromatic rings. The molecule has 1 aromatic carbocycles. The molecule has 1 unspecified atom stereocenters. The highest BCUT2D eigenvalue weighted by Gasteiger charge is 2.20. The Kier molecular flexibility index (Phi) is 5.19. The number of fused-ring (bicyclic) bond motifs is 1. The van der Waals surface area contributed by atoms with Crippen molar-refractivity contribution in [2.75, 3.05) is 26.1 Å². The van der Waals surface area contributed by atoms with E-state index in [4.69, 9.17) is 9.47 Å². The molecular weight excluding hydrogens is 358 g/mol. The number of nitrogens with one attached hydrogen (secondary N) is 1. The van der Waals surface area contributed by atoms with Crippen LogP contribution in [0.5, 0.6) is 11.5 Å². The molecule has 3 rings (SSSR count). The summed E-state index contributed by atoms with van der Waals surface area (Å²) in [6.07, 6.45) is 1.36. The molecule has 0 aliphatic rings. The molecule has 0 bridgehead atoms. The van der Waals surface area contributed by atoms with Crippen LogP contribution in [0.2, 0.25) is 0 Å². The summed E-state index contributed by atoms with van der Waals surface area (Å²) < 4.78 is 10.6. The molecule has 0 fully saturated rings. The molecule has 3 N–H and O–H groups in total. The van der Waals surface area contributed by atoms with Gasteiger partial charge >= 0.3 is 5.97 Å². The molecule has 26 heavy (non-hydrogen) atoms. The fourth-order valence-electron chi connectivity index (χ4n) is 2.55. The Bertz CT molecular complexity index is 943. The third-order valence-electron chi connectivity index (χ3n) is 3.86. The lowest BCUT2D eigenvalue weighted by Crippen LogP contribution is -2.33. The van der Waals surface area contributed by atoms with Crippen molar-refractivity contribution in [3.05, 3.63) is 29.9 Å². The number of aliphatic hydroxyl groups is 1. The van der Waals surface area contributed by atoms with Gasteiger partial charge in [-0.15, -0.1) is 11.3 Å². The van der Waals surface area contributed by atoms with Crippen molar-refractivity contribution in [3.8, 4) is 22.6 Å². The predicted octanol–water partition coefficient (Wildman–Crippen LogP) is 2.23. The van der Waals surface area contributed by atoms with E-state index in [1.165, 1.54) is 17.7 Å². The van der Waals surface area contributed by atoms with Gasteiger partial charge in [-0.1, -0.05) is 6.07 Å². The molecule has 1 atom stereocenters. The lowest BCUT2D eigenvalue weighted by atomic mass is 10.1. The standard InChI is InChI=1S/C17H17N3O5S/c1-24-12-4-3-9(5-13(12)25-2)10-7-26-16-14(10)15(18-8-19-16)20-11(6-21)17(22)23/h3-5,7-8,11,21H,6H2,1-2H3,(H,22,23)(H,18,19,20). The number of hydrogen-bond acceptors (Lipinski definition) is 8. The Morgan fingerprint density at radius 2 is 2.04 bits per heavy atom. The van der Waals surface area contributed by atoms with Crippen LogP contribution in [0, 0.1) is 0 Å². The van der Waals surface area contributed by atoms with Crippen LogP contribution < -0.4 is 14.8 Å². The van der Waals surface area contributed by atoms with Crippen LogP contribution in [-0.4, -0.2) is 53.0 Å². The number of benzene rings is 1. The predicted molar refractivity (Wildman–Crippen MR) is 98.1 cm³/mol. The Morgan fingerprint density at radius 1 is 1.27 bits per heavy atom. The lowest BCUT2D eigenvalue weighted by molar-refractivity contribution is -0.138. The maximum absolute atomic E-state index is 11.2. The molecule has 9 heteroatoms. The van der Waals surface area contributed by atoms with E-state index in [1.807, 2.05) is 17.5 Å². The number of anilines is 1. The summed E-state index contributed by atoms with van der Waals surface area (Å²) in [6.45, 7) is -0.559. The molecule has 0 aliphatic carbocycles. The average molecular weight is 375 g/mol. The van der Waals surface area contributed by atoms with Gasteiger partial charge in [0.2, 0.25) is 0 Å². The Hall–Kier alpha value is -2.91. The van der Waals surface area contributed by atoms with Crippen molar-refractivity contribution < 1.29 is 24.5 Å². The number of carboxylic acid groups (broad SMARTS) is 1. The van der Waals surface area contributed by atoms with Crippen LogP contribution in [0.1, 0.15) is 0 Å². The minimum absolute atomic E-state index is 0.350. The highest BCUT2D eigenvalue weighted by atomic mass is 32.1. The summed E-state index contributed by atoms with van der Waals surface area (Å²) in [5, 5.41) is 23.8. The van der Waals surface area contributed by atoms with E-state index in [2.05, 4.69) is 15.3 Å². The Morgan fingerprint density at radius 3 is 2.69 bits per heavy atom. The second-order valence-corrected chi connectivity index (χ2v) is 6.20. The van der Waals surface area contributed by atoms with E-state index in [1.54, 1.807) is 20.3 Å². The van der Waals surface area contributed by atoms with Crippen LogP contribution in [0.25, 0.3) is 21.3 Å². The van der Waals surface area contributed by atoms with Gasteiger partial charge in [0.1, 0.15) is 23.0 Å². The second kappa shape index (κ2) is 7.54. The molecule has 2 heterocycles. The van der Waals surface area contributed by atoms with Crippen LogP contribution in [0.4, 0.5) is 5.82 Å². The molecule has 0 radical (unpaired) electrons. The number of aliphatic carboxylic acids is 1. The fraction of sp³-hybridized carbons (Fsp3) is 0.235. The van der Waals surface area contributed by atoms with Gasteiger partial charge in [-0.25, -0.2) is 14.8 Å². The van der Waals surface area contributed by atoms with Crippen molar-refractivity contribution in [3.63, 3.8) is 0 Å². The zero-order chi connectivity index (χ0) is 18.7. The zero-order valence-electron chi connectivity index (χ0n) is 14.1. The summed E-state index contributed by atoms with van der Waals surface area (Å²) >= 11 is 1.42. The number of hydrogen-bond donors (Lipinski definition) is 3. The van der Waals surface area contributed by atoms with Crippen molar-refractivity contribution >= 4 is 33.3 Å². The van der Waals surface area contributed by atoms with Gasteiger partial charge in [0.25, 0.3) is 0 Å². The van der Waals surface area contributed by atoms with Crippen molar-refractivity contribution in [2.24, 2.45) is 0 Å². The zero-order valence-corrected chi connectivity index (χ0v) is 14.9. The molecule has 2 aromatic heterocycles. The lowest BCUT2D eigenvalue weighted by Gasteiger charge is -2.14. The van der Waals surface area contributed by atoms with Crippen molar-refractivity contribution in [1.82, 2.24) is 9.97 Å². The smallest absolute Gasteiger partial charge is 0.328 e. The Labute approximate surface area is 153 Å². The van der Waals surface area contributed by atoms with Crippen LogP contribution in [-0.2, 0) is 4.79 Å². The fourth-order valence-corrected chi connectivity index (χ4v) is 3.47. The minimum Gasteiger partial charge on any atom is -0.493 e. The normalized spacial score (nSPS) is 12.0. The maximum Gasteiger partial charge on any atom is 0.328 e. The topological polar surface area (TPSA) is 114 Å². The first kappa shape index (κ1) is 17.9. The van der Waals surface area contributed by atoms with Gasteiger partial charge in [-0.2, -0.15) is 0 Å². The van der Waals surface area contributed by atoms with Gasteiger partial charge in [0.05, 0.1) is 26.2 Å². The van der Waals surface area contributed by atoms with Crippen LogP contribution in [0.15, 0.2) is 29.9 Å². The average Bonchev–Trinajstić information content (AvgIpc) is 3.10. The molecule has 0 spiro atoms. The molecule has 136 valence electrons. The third-order valence-corrected chi connectivity index (χ3v) is 4.74. The van der Waals surface area contributed by atoms with E-state index in [0.29, 0.717) is 27.5 Å². The number of nitrogens with zero attached hydrogens (tertiary/aromatic N) is 2. The van der Waals surface area contributed by atoms with Crippen LogP contribution >= 0.6 is 11.3 Å². The Balaban J connectivity index is 2.12. The van der Waals surface area contributed by atoms with Gasteiger partial charge in [0.15, 0.2) is 11.5 Å². The number of aromatic nitrogens is 2. The highest BCUT2D eigenvalue weighted by Crippen LogP contribution is 2.39. The molecular formula is C17H17N3O5S. The number of methoxy groups -OCH3 is 2. The van der Waals surface area contributed by atoms with E-state index < -0.39 is 18.6 Å². The summed E-state index contributed by atoms with van der Waals surface area (Å²) in [5.74, 6) is 0.371. The molecule has 8 nitrogen and oxygen atoms in total. The van der Waals surface area contributed by atoms with Crippen molar-refractivity contribution in [2.45, 2.75) is 6.04 Å². The summed E-state index contributed by atoms with van der Waals surface area (Å²) in [7, 11) is 3.12. The van der Waals surface area contributed by atoms with Crippen LogP contribution in [0.3, 0.4) is 0 Å². The van der Waals surface area contributed by atoms with Gasteiger partial charge in [-0.05, 0) is 17.7 Å². The van der Waals surface area contributed by atoms with E-state index in [0.717, 1.165) is 11.1 Å². The summed E-state index contributed by atoms with van der Waals surface area (Å²) in [4.78, 5) is 20.3. The molecule has 0 amide bonds. The number of carboxylic acids is 1. The van der Waals surface area contributed by atoms with Gasteiger partial charge in [0, 0.05) is 10.9 Å². The first-order valence-electron chi connectivity index (χ1n) is 7.63.